The molecule has 5 nitrogen and oxygen atoms in total. The Labute approximate surface area is 96.9 Å². The third-order valence-electron chi connectivity index (χ3n) is 2.63. The van der Waals surface area contributed by atoms with Gasteiger partial charge in [0.25, 0.3) is 5.56 Å². The van der Waals surface area contributed by atoms with Crippen LogP contribution >= 0.6 is 0 Å². The molecule has 0 amide bonds. The van der Waals surface area contributed by atoms with E-state index in [2.05, 4.69) is 10.2 Å². The van der Waals surface area contributed by atoms with Gasteiger partial charge in [0.2, 0.25) is 0 Å². The Morgan fingerprint density at radius 2 is 1.94 bits per heavy atom. The number of aromatic nitrogens is 4. The number of aryl methyl sites for hydroxylation is 1. The minimum absolute atomic E-state index is 0.183. The van der Waals surface area contributed by atoms with E-state index in [1.165, 1.54) is 4.68 Å². The van der Waals surface area contributed by atoms with Gasteiger partial charge in [0, 0.05) is 18.6 Å². The summed E-state index contributed by atoms with van der Waals surface area (Å²) >= 11 is 0. The van der Waals surface area contributed by atoms with Gasteiger partial charge < -0.3 is 0 Å². The molecular weight excluding hydrogens is 216 g/mol. The lowest BCUT2D eigenvalue weighted by atomic mass is 10.3. The van der Waals surface area contributed by atoms with Gasteiger partial charge in [-0.15, -0.1) is 0 Å². The van der Waals surface area contributed by atoms with Gasteiger partial charge in [-0.2, -0.15) is 10.2 Å². The van der Waals surface area contributed by atoms with E-state index in [1.54, 1.807) is 24.1 Å². The van der Waals surface area contributed by atoms with Crippen molar-refractivity contribution in [1.82, 2.24) is 19.6 Å². The predicted molar refractivity (Wildman–Crippen MR) is 64.1 cm³/mol. The van der Waals surface area contributed by atoms with Gasteiger partial charge in [0.05, 0.1) is 11.9 Å². The minimum Gasteiger partial charge on any atom is -0.265 e. The van der Waals surface area contributed by atoms with Crippen LogP contribution in [0.15, 0.2) is 47.5 Å². The normalized spacial score (nSPS) is 10.9. The molecule has 0 aliphatic carbocycles. The van der Waals surface area contributed by atoms with Crippen molar-refractivity contribution >= 4 is 10.9 Å². The summed E-state index contributed by atoms with van der Waals surface area (Å²) in [5, 5.41) is 9.00. The smallest absolute Gasteiger partial charge is 0.265 e. The first-order valence-electron chi connectivity index (χ1n) is 5.23. The number of hydrogen-bond acceptors (Lipinski definition) is 3. The first kappa shape index (κ1) is 9.77. The average molecular weight is 226 g/mol. The Bertz CT molecular complexity index is 727. The monoisotopic (exact) mass is 226 g/mol. The predicted octanol–water partition coefficient (Wildman–Crippen LogP) is 1.12. The van der Waals surface area contributed by atoms with E-state index in [0.717, 1.165) is 11.1 Å². The van der Waals surface area contributed by atoms with Gasteiger partial charge in [-0.3, -0.25) is 4.79 Å². The fraction of sp³-hybridized carbons (Fsp3) is 0.0833. The molecule has 1 aromatic carbocycles. The third kappa shape index (κ3) is 1.52. The molecule has 0 spiro atoms. The number of nitrogens with zero attached hydrogens (tertiary/aromatic N) is 4. The molecule has 0 saturated heterocycles. The molecule has 0 radical (unpaired) electrons. The maximum absolute atomic E-state index is 11.8. The second-order valence-electron chi connectivity index (χ2n) is 3.79. The van der Waals surface area contributed by atoms with E-state index < -0.39 is 0 Å². The van der Waals surface area contributed by atoms with E-state index in [-0.39, 0.29) is 5.56 Å². The van der Waals surface area contributed by atoms with Crippen molar-refractivity contribution in [2.45, 2.75) is 0 Å². The molecule has 0 bridgehead atoms. The summed E-state index contributed by atoms with van der Waals surface area (Å²) in [7, 11) is 1.61. The lowest BCUT2D eigenvalue weighted by molar-refractivity contribution is 0.715. The molecule has 0 N–H and O–H groups in total. The van der Waals surface area contributed by atoms with E-state index in [9.17, 15) is 4.79 Å². The van der Waals surface area contributed by atoms with Crippen molar-refractivity contribution in [3.8, 4) is 5.69 Å². The van der Waals surface area contributed by atoms with Crippen molar-refractivity contribution in [2.75, 3.05) is 0 Å². The largest absolute Gasteiger partial charge is 0.294 e. The molecule has 5 heteroatoms. The van der Waals surface area contributed by atoms with Crippen molar-refractivity contribution < 1.29 is 0 Å². The zero-order valence-corrected chi connectivity index (χ0v) is 9.24. The Hall–Kier alpha value is -2.43. The van der Waals surface area contributed by atoms with Crippen LogP contribution in [0.4, 0.5) is 0 Å². The Kier molecular flexibility index (Phi) is 2.04. The van der Waals surface area contributed by atoms with Crippen LogP contribution in [0.3, 0.4) is 0 Å². The van der Waals surface area contributed by atoms with Gasteiger partial charge in [0.15, 0.2) is 5.52 Å². The summed E-state index contributed by atoms with van der Waals surface area (Å²) in [6, 6.07) is 9.66. The molecular formula is C12H10N4O. The van der Waals surface area contributed by atoms with Crippen LogP contribution in [0, 0.1) is 0 Å². The summed E-state index contributed by atoms with van der Waals surface area (Å²) in [5.74, 6) is 0. The molecule has 17 heavy (non-hydrogen) atoms. The number of rotatable bonds is 1. The van der Waals surface area contributed by atoms with Crippen LogP contribution in [0.2, 0.25) is 0 Å². The molecule has 0 aliphatic heterocycles. The quantitative estimate of drug-likeness (QED) is 0.624. The number of fused-ring (bicyclic) bond motifs is 1. The van der Waals surface area contributed by atoms with Crippen molar-refractivity contribution in [3.05, 3.63) is 53.1 Å². The van der Waals surface area contributed by atoms with E-state index >= 15 is 0 Å². The van der Waals surface area contributed by atoms with Crippen molar-refractivity contribution in [3.63, 3.8) is 0 Å². The summed E-state index contributed by atoms with van der Waals surface area (Å²) in [5.41, 5.74) is 1.18. The zero-order valence-electron chi connectivity index (χ0n) is 9.24. The number of benzene rings is 1. The first-order valence-corrected chi connectivity index (χ1v) is 5.23. The van der Waals surface area contributed by atoms with E-state index in [0.29, 0.717) is 5.52 Å². The Balaban J connectivity index is 2.28. The van der Waals surface area contributed by atoms with Gasteiger partial charge in [-0.1, -0.05) is 18.2 Å². The Morgan fingerprint density at radius 1 is 1.18 bits per heavy atom. The van der Waals surface area contributed by atoms with Gasteiger partial charge in [0.1, 0.15) is 0 Å². The maximum atomic E-state index is 11.8. The van der Waals surface area contributed by atoms with Crippen LogP contribution in [0.5, 0.6) is 0 Å². The summed E-state index contributed by atoms with van der Waals surface area (Å²) in [6.45, 7) is 0. The number of hydrogen-bond donors (Lipinski definition) is 0. The molecule has 2 heterocycles. The molecule has 2 aromatic heterocycles. The highest BCUT2D eigenvalue weighted by Crippen LogP contribution is 2.11. The lowest BCUT2D eigenvalue weighted by Gasteiger charge is -1.98. The average Bonchev–Trinajstić information content (AvgIpc) is 2.80. The number of para-hydroxylation sites is 1. The van der Waals surface area contributed by atoms with Crippen molar-refractivity contribution in [1.29, 1.82) is 0 Å². The molecule has 0 unspecified atom stereocenters. The van der Waals surface area contributed by atoms with Gasteiger partial charge in [-0.05, 0) is 12.1 Å². The second kappa shape index (κ2) is 3.55. The fourth-order valence-electron chi connectivity index (χ4n) is 1.72. The molecule has 84 valence electrons. The standard InChI is InChI=1S/C12H10N4O/c1-15-12(17)11-9(7-13-15)8-16(14-11)10-5-3-2-4-6-10/h2-8H,1H3. The molecule has 0 fully saturated rings. The van der Waals surface area contributed by atoms with Crippen LogP contribution in [0.1, 0.15) is 0 Å². The fourth-order valence-corrected chi connectivity index (χ4v) is 1.72. The zero-order chi connectivity index (χ0) is 11.8. The second-order valence-corrected chi connectivity index (χ2v) is 3.79. The van der Waals surface area contributed by atoms with E-state index in [1.807, 2.05) is 30.3 Å². The summed E-state index contributed by atoms with van der Waals surface area (Å²) in [4.78, 5) is 11.8. The summed E-state index contributed by atoms with van der Waals surface area (Å²) in [6.07, 6.45) is 3.45. The molecule has 0 aliphatic rings. The molecule has 0 saturated carbocycles. The lowest BCUT2D eigenvalue weighted by Crippen LogP contribution is -2.19. The minimum atomic E-state index is -0.183. The summed E-state index contributed by atoms with van der Waals surface area (Å²) < 4.78 is 2.97. The van der Waals surface area contributed by atoms with Crippen LogP contribution in [0.25, 0.3) is 16.6 Å². The highest BCUT2D eigenvalue weighted by atomic mass is 16.1. The van der Waals surface area contributed by atoms with Gasteiger partial charge >= 0.3 is 0 Å². The van der Waals surface area contributed by atoms with Crippen molar-refractivity contribution in [2.24, 2.45) is 7.05 Å². The highest BCUT2D eigenvalue weighted by Gasteiger charge is 2.07. The first-order chi connectivity index (χ1) is 8.25. The Morgan fingerprint density at radius 3 is 2.71 bits per heavy atom. The SMILES string of the molecule is Cn1ncc2cn(-c3ccccc3)nc2c1=O. The highest BCUT2D eigenvalue weighted by molar-refractivity contribution is 5.76. The van der Waals surface area contributed by atoms with Crippen LogP contribution in [-0.4, -0.2) is 19.6 Å². The molecule has 3 rings (SSSR count). The van der Waals surface area contributed by atoms with E-state index in [4.69, 9.17) is 0 Å². The maximum Gasteiger partial charge on any atom is 0.294 e. The van der Waals surface area contributed by atoms with Crippen LogP contribution < -0.4 is 5.56 Å². The topological polar surface area (TPSA) is 52.7 Å². The third-order valence-corrected chi connectivity index (χ3v) is 2.63. The molecule has 0 atom stereocenters. The van der Waals surface area contributed by atoms with Gasteiger partial charge in [-0.25, -0.2) is 9.36 Å². The van der Waals surface area contributed by atoms with Crippen LogP contribution in [-0.2, 0) is 7.05 Å². The molecule has 3 aromatic rings.